The molecule has 0 amide bonds. The van der Waals surface area contributed by atoms with Gasteiger partial charge < -0.3 is 9.84 Å². The fraction of sp³-hybridized carbons (Fsp3) is 0.522. The molecule has 0 heterocycles. The van der Waals surface area contributed by atoms with Gasteiger partial charge >= 0.3 is 5.97 Å². The Morgan fingerprint density at radius 1 is 1.12 bits per heavy atom. The zero-order valence-electron chi connectivity index (χ0n) is 16.2. The second-order valence-electron chi connectivity index (χ2n) is 6.59. The molecule has 1 N–H and O–H groups in total. The van der Waals surface area contributed by atoms with Crippen LogP contribution in [0.15, 0.2) is 59.9 Å². The number of hydrogen-bond donors (Lipinski definition) is 1. The number of unbranched alkanes of at least 4 members (excludes halogenated alkanes) is 5. The lowest BCUT2D eigenvalue weighted by atomic mass is 9.92. The second kappa shape index (κ2) is 14.2. The Morgan fingerprint density at radius 2 is 1.81 bits per heavy atom. The van der Waals surface area contributed by atoms with E-state index in [1.165, 1.54) is 26.4 Å². The van der Waals surface area contributed by atoms with Crippen LogP contribution in [0.25, 0.3) is 0 Å². The van der Waals surface area contributed by atoms with E-state index in [-0.39, 0.29) is 5.76 Å². The number of aliphatic hydroxyl groups excluding tert-OH is 1. The largest absolute Gasteiger partial charge is 0.511 e. The van der Waals surface area contributed by atoms with Gasteiger partial charge in [0.05, 0.1) is 12.7 Å². The number of methoxy groups -OCH3 is 1. The van der Waals surface area contributed by atoms with E-state index in [4.69, 9.17) is 4.74 Å². The van der Waals surface area contributed by atoms with Gasteiger partial charge in [0, 0.05) is 6.42 Å². The highest BCUT2D eigenvalue weighted by Crippen LogP contribution is 2.28. The summed E-state index contributed by atoms with van der Waals surface area (Å²) in [5.74, 6) is -0.236. The quantitative estimate of drug-likeness (QED) is 0.232. The molecule has 0 aromatic heterocycles. The minimum absolute atomic E-state index is 0.181. The molecule has 0 spiro atoms. The third-order valence-corrected chi connectivity index (χ3v) is 4.50. The lowest BCUT2D eigenvalue weighted by molar-refractivity contribution is -0.136. The molecule has 0 aromatic carbocycles. The smallest absolute Gasteiger partial charge is 0.341 e. The topological polar surface area (TPSA) is 46.5 Å². The molecule has 0 saturated heterocycles. The van der Waals surface area contributed by atoms with Crippen molar-refractivity contribution in [2.24, 2.45) is 0 Å². The highest BCUT2D eigenvalue weighted by Gasteiger charge is 2.22. The zero-order valence-corrected chi connectivity index (χ0v) is 16.2. The van der Waals surface area contributed by atoms with Gasteiger partial charge in [-0.25, -0.2) is 4.79 Å². The lowest BCUT2D eigenvalue weighted by Crippen LogP contribution is -2.13. The summed E-state index contributed by atoms with van der Waals surface area (Å²) in [6.45, 7) is 3.69. The number of hydrogen-bond acceptors (Lipinski definition) is 3. The molecule has 0 bridgehead atoms. The summed E-state index contributed by atoms with van der Waals surface area (Å²) in [6, 6.07) is 0. The van der Waals surface area contributed by atoms with Crippen LogP contribution in [0.3, 0.4) is 0 Å². The van der Waals surface area contributed by atoms with E-state index in [9.17, 15) is 9.90 Å². The van der Waals surface area contributed by atoms with E-state index in [1.54, 1.807) is 0 Å². The third kappa shape index (κ3) is 8.89. The average molecular weight is 359 g/mol. The minimum Gasteiger partial charge on any atom is -0.511 e. The molecular weight excluding hydrogens is 324 g/mol. The number of esters is 1. The van der Waals surface area contributed by atoms with Crippen molar-refractivity contribution in [1.29, 1.82) is 0 Å². The maximum atomic E-state index is 11.8. The number of rotatable bonds is 13. The Morgan fingerprint density at radius 3 is 2.58 bits per heavy atom. The van der Waals surface area contributed by atoms with Gasteiger partial charge in [-0.15, -0.1) is 6.58 Å². The Hall–Kier alpha value is -2.03. The summed E-state index contributed by atoms with van der Waals surface area (Å²) in [5.41, 5.74) is 1.35. The highest BCUT2D eigenvalue weighted by molar-refractivity contribution is 5.94. The molecule has 0 saturated carbocycles. The molecule has 1 rings (SSSR count). The van der Waals surface area contributed by atoms with Crippen molar-refractivity contribution in [3.63, 3.8) is 0 Å². The first kappa shape index (κ1) is 22.0. The predicted molar refractivity (Wildman–Crippen MR) is 109 cm³/mol. The Kier molecular flexibility index (Phi) is 12.0. The molecule has 3 nitrogen and oxygen atoms in total. The maximum Gasteiger partial charge on any atom is 0.341 e. The highest BCUT2D eigenvalue weighted by atomic mass is 16.5. The molecule has 0 unspecified atom stereocenters. The summed E-state index contributed by atoms with van der Waals surface area (Å²) in [4.78, 5) is 11.8. The number of aliphatic hydroxyl groups is 1. The van der Waals surface area contributed by atoms with E-state index >= 15 is 0 Å². The van der Waals surface area contributed by atoms with E-state index in [1.807, 2.05) is 6.08 Å². The molecule has 144 valence electrons. The Bertz CT molecular complexity index is 550. The van der Waals surface area contributed by atoms with Crippen LogP contribution < -0.4 is 0 Å². The fourth-order valence-electron chi connectivity index (χ4n) is 3.06. The lowest BCUT2D eigenvalue weighted by Gasteiger charge is -2.17. The molecule has 26 heavy (non-hydrogen) atoms. The molecule has 0 aromatic rings. The van der Waals surface area contributed by atoms with Gasteiger partial charge in [-0.3, -0.25) is 0 Å². The monoisotopic (exact) mass is 358 g/mol. The van der Waals surface area contributed by atoms with E-state index in [2.05, 4.69) is 37.0 Å². The van der Waals surface area contributed by atoms with Crippen LogP contribution >= 0.6 is 0 Å². The summed E-state index contributed by atoms with van der Waals surface area (Å²) in [7, 11) is 1.36. The number of carbonyl (C=O) groups is 1. The number of carbonyl (C=O) groups excluding carboxylic acids is 1. The first-order valence-corrected chi connectivity index (χ1v) is 9.81. The summed E-state index contributed by atoms with van der Waals surface area (Å²) < 4.78 is 4.80. The summed E-state index contributed by atoms with van der Waals surface area (Å²) >= 11 is 0. The van der Waals surface area contributed by atoms with Crippen molar-refractivity contribution in [1.82, 2.24) is 0 Å². The minimum atomic E-state index is -0.417. The van der Waals surface area contributed by atoms with Gasteiger partial charge in [-0.05, 0) is 50.5 Å². The van der Waals surface area contributed by atoms with E-state index in [0.717, 1.165) is 50.5 Å². The van der Waals surface area contributed by atoms with E-state index < -0.39 is 5.97 Å². The van der Waals surface area contributed by atoms with Crippen LogP contribution in [-0.2, 0) is 9.53 Å². The standard InChI is InChI=1S/C23H34O3/c1-3-4-5-6-7-8-9-10-11-12-13-14-15-17-20-18-16-19-21(24)22(20)23(25)26-2/h3,5-6,8-9,18,24H,1,4,7,10-17,19H2,2H3/b6-5-,9-8-. The molecule has 0 radical (unpaired) electrons. The SMILES string of the molecule is C=CC/C=C\C/C=C\CCCCCCCC1=CCCC(O)=C1C(=O)OC. The Balaban J connectivity index is 2.12. The van der Waals surface area contributed by atoms with Crippen molar-refractivity contribution in [3.8, 4) is 0 Å². The van der Waals surface area contributed by atoms with Crippen LogP contribution in [0.1, 0.15) is 70.6 Å². The van der Waals surface area contributed by atoms with Crippen molar-refractivity contribution < 1.29 is 14.6 Å². The van der Waals surface area contributed by atoms with Crippen LogP contribution in [0.4, 0.5) is 0 Å². The van der Waals surface area contributed by atoms with Gasteiger partial charge in [-0.1, -0.05) is 55.7 Å². The molecule has 1 aliphatic rings. The van der Waals surface area contributed by atoms with Gasteiger partial charge in [0.25, 0.3) is 0 Å². The van der Waals surface area contributed by atoms with Crippen LogP contribution in [0.2, 0.25) is 0 Å². The zero-order chi connectivity index (χ0) is 19.0. The number of ether oxygens (including phenoxy) is 1. The van der Waals surface area contributed by atoms with Crippen molar-refractivity contribution in [2.45, 2.75) is 70.6 Å². The van der Waals surface area contributed by atoms with Gasteiger partial charge in [-0.2, -0.15) is 0 Å². The second-order valence-corrected chi connectivity index (χ2v) is 6.59. The van der Waals surface area contributed by atoms with Crippen LogP contribution in [0, 0.1) is 0 Å². The fourth-order valence-corrected chi connectivity index (χ4v) is 3.06. The van der Waals surface area contributed by atoms with Crippen LogP contribution in [0.5, 0.6) is 0 Å². The molecule has 0 atom stereocenters. The average Bonchev–Trinajstić information content (AvgIpc) is 2.65. The van der Waals surface area contributed by atoms with Crippen molar-refractivity contribution in [2.75, 3.05) is 7.11 Å². The molecular formula is C23H34O3. The number of allylic oxidation sites excluding steroid dienone is 7. The molecule has 3 heteroatoms. The third-order valence-electron chi connectivity index (χ3n) is 4.50. The molecule has 0 fully saturated rings. The van der Waals surface area contributed by atoms with Crippen molar-refractivity contribution >= 4 is 5.97 Å². The molecule has 1 aliphatic carbocycles. The predicted octanol–water partition coefficient (Wildman–Crippen LogP) is 6.50. The normalized spacial score (nSPS) is 14.9. The summed E-state index contributed by atoms with van der Waals surface area (Å²) in [5, 5.41) is 9.97. The van der Waals surface area contributed by atoms with Crippen LogP contribution in [-0.4, -0.2) is 18.2 Å². The first-order valence-electron chi connectivity index (χ1n) is 9.81. The Labute approximate surface area is 158 Å². The summed E-state index contributed by atoms with van der Waals surface area (Å²) in [6.07, 6.45) is 23.9. The molecule has 0 aliphatic heterocycles. The van der Waals surface area contributed by atoms with Crippen molar-refractivity contribution in [3.05, 3.63) is 59.9 Å². The van der Waals surface area contributed by atoms with Gasteiger partial charge in [0.2, 0.25) is 0 Å². The van der Waals surface area contributed by atoms with Gasteiger partial charge in [0.15, 0.2) is 0 Å². The van der Waals surface area contributed by atoms with Gasteiger partial charge in [0.1, 0.15) is 5.76 Å². The van der Waals surface area contributed by atoms with E-state index in [0.29, 0.717) is 12.0 Å². The maximum absolute atomic E-state index is 11.8. The first-order chi connectivity index (χ1) is 12.7.